The Morgan fingerprint density at radius 1 is 1.22 bits per heavy atom. The van der Waals surface area contributed by atoms with Gasteiger partial charge in [0.15, 0.2) is 11.5 Å². The molecule has 0 saturated carbocycles. The second-order valence-corrected chi connectivity index (χ2v) is 12.1. The summed E-state index contributed by atoms with van der Waals surface area (Å²) in [5.74, 6) is 1.73. The van der Waals surface area contributed by atoms with Crippen LogP contribution in [-0.4, -0.2) is 32.2 Å². The summed E-state index contributed by atoms with van der Waals surface area (Å²) in [6.45, 7) is 13.8. The smallest absolute Gasteiger partial charge is 0.341 e. The summed E-state index contributed by atoms with van der Waals surface area (Å²) in [6.07, 6.45) is 6.91. The van der Waals surface area contributed by atoms with Gasteiger partial charge in [0.2, 0.25) is 5.91 Å². The lowest BCUT2D eigenvalue weighted by Gasteiger charge is -2.33. The molecule has 1 N–H and O–H groups in total. The number of amides is 1. The number of fused-ring (bicyclic) bond motifs is 1. The first-order valence-corrected chi connectivity index (χ1v) is 14.0. The van der Waals surface area contributed by atoms with Crippen LogP contribution in [0.15, 0.2) is 24.3 Å². The number of carbonyl (C=O) groups excluding carboxylic acids is 2. The molecule has 0 spiro atoms. The third-order valence-corrected chi connectivity index (χ3v) is 7.94. The van der Waals surface area contributed by atoms with E-state index >= 15 is 0 Å². The van der Waals surface area contributed by atoms with Gasteiger partial charge in [0.1, 0.15) is 5.00 Å². The largest absolute Gasteiger partial charge is 0.493 e. The van der Waals surface area contributed by atoms with Gasteiger partial charge in [-0.05, 0) is 79.2 Å². The zero-order valence-corrected chi connectivity index (χ0v) is 24.1. The average molecular weight is 528 g/mol. The Labute approximate surface area is 225 Å². The summed E-state index contributed by atoms with van der Waals surface area (Å²) in [4.78, 5) is 26.9. The molecule has 202 valence electrons. The maximum atomic E-state index is 12.9. The average Bonchev–Trinajstić information content (AvgIpc) is 3.19. The topological polar surface area (TPSA) is 73.9 Å². The summed E-state index contributed by atoms with van der Waals surface area (Å²) in [5.41, 5.74) is 2.54. The fourth-order valence-electron chi connectivity index (χ4n) is 4.47. The summed E-state index contributed by atoms with van der Waals surface area (Å²) >= 11 is 1.50. The minimum Gasteiger partial charge on any atom is -0.493 e. The third kappa shape index (κ3) is 7.60. The van der Waals surface area contributed by atoms with Crippen molar-refractivity contribution in [2.24, 2.45) is 17.3 Å². The summed E-state index contributed by atoms with van der Waals surface area (Å²) in [7, 11) is 1.60. The lowest BCUT2D eigenvalue weighted by Crippen LogP contribution is -2.26. The zero-order valence-electron chi connectivity index (χ0n) is 23.2. The molecule has 0 radical (unpaired) electrons. The van der Waals surface area contributed by atoms with E-state index in [1.54, 1.807) is 20.1 Å². The van der Waals surface area contributed by atoms with Crippen molar-refractivity contribution in [1.29, 1.82) is 0 Å². The van der Waals surface area contributed by atoms with Crippen LogP contribution in [0.4, 0.5) is 5.00 Å². The van der Waals surface area contributed by atoms with Crippen molar-refractivity contribution >= 4 is 34.3 Å². The van der Waals surface area contributed by atoms with Crippen LogP contribution >= 0.6 is 11.3 Å². The van der Waals surface area contributed by atoms with Crippen LogP contribution in [0.2, 0.25) is 0 Å². The van der Waals surface area contributed by atoms with Crippen LogP contribution in [0.25, 0.3) is 6.08 Å². The van der Waals surface area contributed by atoms with Gasteiger partial charge in [-0.2, -0.15) is 0 Å². The highest BCUT2D eigenvalue weighted by molar-refractivity contribution is 7.17. The molecule has 2 aromatic rings. The lowest BCUT2D eigenvalue weighted by molar-refractivity contribution is -0.111. The molecule has 0 bridgehead atoms. The number of methoxy groups -OCH3 is 1. The molecule has 1 aromatic heterocycles. The zero-order chi connectivity index (χ0) is 27.2. The molecule has 1 unspecified atom stereocenters. The molecule has 1 aliphatic carbocycles. The van der Waals surface area contributed by atoms with Crippen LogP contribution in [0.3, 0.4) is 0 Å². The van der Waals surface area contributed by atoms with Gasteiger partial charge in [-0.3, -0.25) is 4.79 Å². The van der Waals surface area contributed by atoms with Crippen molar-refractivity contribution in [3.63, 3.8) is 0 Å². The highest BCUT2D eigenvalue weighted by Crippen LogP contribution is 2.44. The first-order chi connectivity index (χ1) is 17.5. The summed E-state index contributed by atoms with van der Waals surface area (Å²) in [6, 6.07) is 5.58. The molecule has 1 amide bonds. The number of nitrogens with one attached hydrogen (secondary N) is 1. The molecule has 3 rings (SSSR count). The number of carbonyl (C=O) groups is 2. The molecule has 7 heteroatoms. The van der Waals surface area contributed by atoms with Crippen LogP contribution in [0.1, 0.15) is 80.7 Å². The SMILES string of the molecule is CCOC(=O)c1c(NC(=O)/C=C/c2ccc(OCCC(C)C)c(OC)c2)sc2c1CCC(C(C)(C)C)C2. The molecule has 1 heterocycles. The van der Waals surface area contributed by atoms with Crippen LogP contribution in [0, 0.1) is 17.3 Å². The second kappa shape index (κ2) is 12.6. The molecule has 1 aromatic carbocycles. The van der Waals surface area contributed by atoms with E-state index in [0.717, 1.165) is 36.8 Å². The van der Waals surface area contributed by atoms with E-state index < -0.39 is 0 Å². The van der Waals surface area contributed by atoms with Crippen molar-refractivity contribution in [2.75, 3.05) is 25.6 Å². The van der Waals surface area contributed by atoms with E-state index in [1.165, 1.54) is 22.3 Å². The normalized spacial score (nSPS) is 15.5. The Kier molecular flexibility index (Phi) is 9.82. The Hall–Kier alpha value is -2.80. The number of ether oxygens (including phenoxy) is 3. The minimum atomic E-state index is -0.369. The van der Waals surface area contributed by atoms with Gasteiger partial charge in [-0.15, -0.1) is 11.3 Å². The first-order valence-electron chi connectivity index (χ1n) is 13.1. The van der Waals surface area contributed by atoms with Crippen LogP contribution < -0.4 is 14.8 Å². The van der Waals surface area contributed by atoms with Gasteiger partial charge >= 0.3 is 5.97 Å². The molecule has 1 aliphatic rings. The standard InChI is InChI=1S/C30H41NO5S/c1-8-35-29(33)27-22-12-11-21(30(4,5)6)18-25(22)37-28(27)31-26(32)14-10-20-9-13-23(24(17-20)34-7)36-16-15-19(2)3/h9-10,13-14,17,19,21H,8,11-12,15-16,18H2,1-7H3,(H,31,32)/b14-10+. The number of hydrogen-bond acceptors (Lipinski definition) is 6. The van der Waals surface area contributed by atoms with E-state index in [0.29, 0.717) is 47.1 Å². The van der Waals surface area contributed by atoms with Crippen molar-refractivity contribution in [3.8, 4) is 11.5 Å². The number of thiophene rings is 1. The number of hydrogen-bond donors (Lipinski definition) is 1. The highest BCUT2D eigenvalue weighted by Gasteiger charge is 2.34. The van der Waals surface area contributed by atoms with Crippen LogP contribution in [-0.2, 0) is 22.4 Å². The molecular weight excluding hydrogens is 486 g/mol. The van der Waals surface area contributed by atoms with E-state index in [-0.39, 0.29) is 17.3 Å². The highest BCUT2D eigenvalue weighted by atomic mass is 32.1. The van der Waals surface area contributed by atoms with Gasteiger partial charge in [-0.25, -0.2) is 4.79 Å². The molecular formula is C30H41NO5S. The van der Waals surface area contributed by atoms with Gasteiger partial charge < -0.3 is 19.5 Å². The maximum absolute atomic E-state index is 12.9. The third-order valence-electron chi connectivity index (χ3n) is 6.77. The maximum Gasteiger partial charge on any atom is 0.341 e. The number of anilines is 1. The Bertz CT molecular complexity index is 1130. The second-order valence-electron chi connectivity index (χ2n) is 11.0. The fourth-order valence-corrected chi connectivity index (χ4v) is 5.79. The van der Waals surface area contributed by atoms with Crippen molar-refractivity contribution in [2.45, 2.75) is 67.2 Å². The monoisotopic (exact) mass is 527 g/mol. The van der Waals surface area contributed by atoms with Crippen molar-refractivity contribution in [3.05, 3.63) is 45.8 Å². The molecule has 6 nitrogen and oxygen atoms in total. The van der Waals surface area contributed by atoms with Crippen LogP contribution in [0.5, 0.6) is 11.5 Å². The van der Waals surface area contributed by atoms with Gasteiger partial charge in [0.25, 0.3) is 0 Å². The fraction of sp³-hybridized carbons (Fsp3) is 0.533. The van der Waals surface area contributed by atoms with Crippen molar-refractivity contribution < 1.29 is 23.8 Å². The molecule has 37 heavy (non-hydrogen) atoms. The van der Waals surface area contributed by atoms with E-state index in [4.69, 9.17) is 14.2 Å². The molecule has 0 aliphatic heterocycles. The Morgan fingerprint density at radius 2 is 1.97 bits per heavy atom. The van der Waals surface area contributed by atoms with Gasteiger partial charge in [0.05, 0.1) is 25.9 Å². The lowest BCUT2D eigenvalue weighted by atomic mass is 9.72. The first kappa shape index (κ1) is 28.8. The van der Waals surface area contributed by atoms with Gasteiger partial charge in [0, 0.05) is 11.0 Å². The Morgan fingerprint density at radius 3 is 2.62 bits per heavy atom. The van der Waals surface area contributed by atoms with E-state index in [1.807, 2.05) is 18.2 Å². The van der Waals surface area contributed by atoms with E-state index in [2.05, 4.69) is 39.9 Å². The Balaban J connectivity index is 1.76. The molecule has 0 saturated heterocycles. The molecule has 0 fully saturated rings. The predicted molar refractivity (Wildman–Crippen MR) is 151 cm³/mol. The number of benzene rings is 1. The molecule has 1 atom stereocenters. The van der Waals surface area contributed by atoms with Gasteiger partial charge in [-0.1, -0.05) is 40.7 Å². The minimum absolute atomic E-state index is 0.188. The number of esters is 1. The quantitative estimate of drug-likeness (QED) is 0.262. The number of rotatable bonds is 10. The summed E-state index contributed by atoms with van der Waals surface area (Å²) in [5, 5.41) is 3.51. The summed E-state index contributed by atoms with van der Waals surface area (Å²) < 4.78 is 16.7. The predicted octanol–water partition coefficient (Wildman–Crippen LogP) is 7.16. The van der Waals surface area contributed by atoms with E-state index in [9.17, 15) is 9.59 Å². The van der Waals surface area contributed by atoms with Crippen molar-refractivity contribution in [1.82, 2.24) is 0 Å².